The number of aromatic nitrogens is 1. The maximum absolute atomic E-state index is 12.4. The molecule has 1 unspecified atom stereocenters. The number of benzene rings is 1. The highest BCUT2D eigenvalue weighted by molar-refractivity contribution is 6.31. The van der Waals surface area contributed by atoms with Crippen LogP contribution in [0, 0.1) is 6.92 Å². The largest absolute Gasteiger partial charge is 0.487 e. The summed E-state index contributed by atoms with van der Waals surface area (Å²) < 4.78 is 11.5. The molecule has 0 bridgehead atoms. The van der Waals surface area contributed by atoms with Crippen molar-refractivity contribution in [3.63, 3.8) is 0 Å². The Morgan fingerprint density at radius 1 is 1.32 bits per heavy atom. The zero-order valence-electron chi connectivity index (χ0n) is 14.2. The number of piperidine rings is 1. The lowest BCUT2D eigenvalue weighted by molar-refractivity contribution is -0.136. The number of ether oxygens (including phenoxy) is 2. The van der Waals surface area contributed by atoms with Gasteiger partial charge in [-0.15, -0.1) is 0 Å². The van der Waals surface area contributed by atoms with Gasteiger partial charge in [0, 0.05) is 25.0 Å². The van der Waals surface area contributed by atoms with Crippen LogP contribution in [0.5, 0.6) is 11.5 Å². The molecule has 25 heavy (non-hydrogen) atoms. The molecule has 132 valence electrons. The maximum atomic E-state index is 12.4. The van der Waals surface area contributed by atoms with Gasteiger partial charge in [-0.1, -0.05) is 29.3 Å². The number of hydrogen-bond donors (Lipinski definition) is 0. The summed E-state index contributed by atoms with van der Waals surface area (Å²) in [6.07, 6.45) is 4.91. The fourth-order valence-corrected chi connectivity index (χ4v) is 2.93. The van der Waals surface area contributed by atoms with Gasteiger partial charge in [-0.05, 0) is 31.9 Å². The van der Waals surface area contributed by atoms with E-state index in [0.29, 0.717) is 23.1 Å². The van der Waals surface area contributed by atoms with Gasteiger partial charge in [-0.25, -0.2) is 0 Å². The fraction of sp³-hybridized carbons (Fsp3) is 0.368. The first-order valence-electron chi connectivity index (χ1n) is 8.35. The Morgan fingerprint density at radius 3 is 2.88 bits per heavy atom. The van der Waals surface area contributed by atoms with E-state index in [0.717, 1.165) is 24.9 Å². The Labute approximate surface area is 152 Å². The van der Waals surface area contributed by atoms with E-state index in [9.17, 15) is 4.79 Å². The number of carbonyl (C=O) groups excluding carboxylic acids is 1. The summed E-state index contributed by atoms with van der Waals surface area (Å²) in [5, 5.41) is 0.480. The van der Waals surface area contributed by atoms with Crippen LogP contribution in [0.15, 0.2) is 42.7 Å². The number of amides is 1. The van der Waals surface area contributed by atoms with Crippen LogP contribution in [0.3, 0.4) is 0 Å². The van der Waals surface area contributed by atoms with Gasteiger partial charge in [0.25, 0.3) is 5.91 Å². The molecule has 0 spiro atoms. The van der Waals surface area contributed by atoms with E-state index < -0.39 is 0 Å². The lowest BCUT2D eigenvalue weighted by atomic mass is 10.1. The highest BCUT2D eigenvalue weighted by Crippen LogP contribution is 2.25. The van der Waals surface area contributed by atoms with Crippen LogP contribution in [0.25, 0.3) is 0 Å². The summed E-state index contributed by atoms with van der Waals surface area (Å²) in [6, 6.07) is 9.40. The minimum absolute atomic E-state index is 0.0327. The van der Waals surface area contributed by atoms with Gasteiger partial charge in [0.1, 0.15) is 22.6 Å². The summed E-state index contributed by atoms with van der Waals surface area (Å²) in [7, 11) is 0. The van der Waals surface area contributed by atoms with Gasteiger partial charge < -0.3 is 14.4 Å². The van der Waals surface area contributed by atoms with Gasteiger partial charge in [-0.2, -0.15) is 0 Å². The first kappa shape index (κ1) is 17.5. The number of rotatable bonds is 5. The van der Waals surface area contributed by atoms with Crippen LogP contribution in [-0.4, -0.2) is 41.6 Å². The average molecular weight is 361 g/mol. The molecule has 0 saturated carbocycles. The lowest BCUT2D eigenvalue weighted by Gasteiger charge is -2.33. The molecule has 0 aliphatic carbocycles. The van der Waals surface area contributed by atoms with Crippen LogP contribution in [0.4, 0.5) is 0 Å². The molecule has 1 atom stereocenters. The van der Waals surface area contributed by atoms with Crippen molar-refractivity contribution < 1.29 is 14.3 Å². The smallest absolute Gasteiger partial charge is 0.260 e. The second-order valence-electron chi connectivity index (χ2n) is 6.13. The van der Waals surface area contributed by atoms with Crippen LogP contribution in [-0.2, 0) is 4.79 Å². The van der Waals surface area contributed by atoms with Crippen LogP contribution in [0.2, 0.25) is 5.02 Å². The van der Waals surface area contributed by atoms with Crippen molar-refractivity contribution in [2.45, 2.75) is 25.9 Å². The molecule has 1 aliphatic heterocycles. The van der Waals surface area contributed by atoms with Crippen molar-refractivity contribution >= 4 is 17.5 Å². The molecule has 0 N–H and O–H groups in total. The van der Waals surface area contributed by atoms with Crippen LogP contribution in [0.1, 0.15) is 18.4 Å². The predicted octanol–water partition coefficient (Wildman–Crippen LogP) is 3.49. The minimum Gasteiger partial charge on any atom is -0.487 e. The van der Waals surface area contributed by atoms with Gasteiger partial charge in [0.05, 0.1) is 6.54 Å². The summed E-state index contributed by atoms with van der Waals surface area (Å²) in [6.45, 7) is 3.30. The Balaban J connectivity index is 1.52. The molecule has 6 heteroatoms. The molecule has 1 aliphatic rings. The number of pyridine rings is 1. The first-order valence-corrected chi connectivity index (χ1v) is 8.73. The normalized spacial score (nSPS) is 17.2. The van der Waals surface area contributed by atoms with E-state index in [-0.39, 0.29) is 18.6 Å². The SMILES string of the molecule is Cc1ccc(OCC(=O)N2CCCC(Oc3ccncc3Cl)C2)cc1. The number of aryl methyl sites for hydroxylation is 1. The van der Waals surface area contributed by atoms with E-state index in [1.165, 1.54) is 0 Å². The van der Waals surface area contributed by atoms with Gasteiger partial charge >= 0.3 is 0 Å². The lowest BCUT2D eigenvalue weighted by Crippen LogP contribution is -2.46. The third kappa shape index (κ3) is 4.86. The molecule has 3 rings (SSSR count). The monoisotopic (exact) mass is 360 g/mol. The van der Waals surface area contributed by atoms with Crippen molar-refractivity contribution in [1.29, 1.82) is 0 Å². The first-order chi connectivity index (χ1) is 12.1. The third-order valence-electron chi connectivity index (χ3n) is 4.14. The second kappa shape index (κ2) is 8.21. The van der Waals surface area contributed by atoms with Crippen molar-refractivity contribution in [2.24, 2.45) is 0 Å². The molecule has 1 aromatic carbocycles. The Bertz CT molecular complexity index is 721. The zero-order valence-corrected chi connectivity index (χ0v) is 14.9. The predicted molar refractivity (Wildman–Crippen MR) is 96.2 cm³/mol. The molecule has 2 aromatic rings. The molecule has 5 nitrogen and oxygen atoms in total. The van der Waals surface area contributed by atoms with E-state index >= 15 is 0 Å². The third-order valence-corrected chi connectivity index (χ3v) is 4.43. The molecule has 1 fully saturated rings. The highest BCUT2D eigenvalue weighted by Gasteiger charge is 2.25. The Kier molecular flexibility index (Phi) is 5.76. The van der Waals surface area contributed by atoms with Crippen molar-refractivity contribution in [2.75, 3.05) is 19.7 Å². The van der Waals surface area contributed by atoms with Crippen LogP contribution >= 0.6 is 11.6 Å². The fourth-order valence-electron chi connectivity index (χ4n) is 2.77. The number of carbonyl (C=O) groups is 1. The van der Waals surface area contributed by atoms with E-state index in [1.54, 1.807) is 23.4 Å². The molecular weight excluding hydrogens is 340 g/mol. The number of halogens is 1. The summed E-state index contributed by atoms with van der Waals surface area (Å²) in [4.78, 5) is 18.1. The Morgan fingerprint density at radius 2 is 2.12 bits per heavy atom. The zero-order chi connectivity index (χ0) is 17.6. The van der Waals surface area contributed by atoms with Crippen molar-refractivity contribution in [3.8, 4) is 11.5 Å². The summed E-state index contributed by atoms with van der Waals surface area (Å²) in [5.41, 5.74) is 1.16. The minimum atomic E-state index is -0.0722. The Hall–Kier alpha value is -2.27. The van der Waals surface area contributed by atoms with Crippen molar-refractivity contribution in [3.05, 3.63) is 53.3 Å². The quantitative estimate of drug-likeness (QED) is 0.819. The van der Waals surface area contributed by atoms with Gasteiger partial charge in [-0.3, -0.25) is 9.78 Å². The maximum Gasteiger partial charge on any atom is 0.260 e. The highest BCUT2D eigenvalue weighted by atomic mass is 35.5. The number of nitrogens with zero attached hydrogens (tertiary/aromatic N) is 2. The topological polar surface area (TPSA) is 51.7 Å². The van der Waals surface area contributed by atoms with E-state index in [2.05, 4.69) is 4.98 Å². The average Bonchev–Trinajstić information content (AvgIpc) is 2.63. The number of likely N-dealkylation sites (tertiary alicyclic amines) is 1. The molecule has 1 saturated heterocycles. The second-order valence-corrected chi connectivity index (χ2v) is 6.54. The standard InChI is InChI=1S/C19H21ClN2O3/c1-14-4-6-15(7-5-14)24-13-19(23)22-10-2-3-16(12-22)25-18-8-9-21-11-17(18)20/h4-9,11,16H,2-3,10,12-13H2,1H3. The van der Waals surface area contributed by atoms with Gasteiger partial charge in [0.15, 0.2) is 6.61 Å². The molecular formula is C19H21ClN2O3. The van der Waals surface area contributed by atoms with E-state index in [4.69, 9.17) is 21.1 Å². The molecule has 2 heterocycles. The molecule has 0 radical (unpaired) electrons. The van der Waals surface area contributed by atoms with E-state index in [1.807, 2.05) is 31.2 Å². The summed E-state index contributed by atoms with van der Waals surface area (Å²) in [5.74, 6) is 1.27. The summed E-state index contributed by atoms with van der Waals surface area (Å²) >= 11 is 6.08. The van der Waals surface area contributed by atoms with Crippen LogP contribution < -0.4 is 9.47 Å². The molecule has 1 amide bonds. The number of hydrogen-bond acceptors (Lipinski definition) is 4. The van der Waals surface area contributed by atoms with Crippen molar-refractivity contribution in [1.82, 2.24) is 9.88 Å². The van der Waals surface area contributed by atoms with Gasteiger partial charge in [0.2, 0.25) is 0 Å². The molecule has 1 aromatic heterocycles.